The Hall–Kier alpha value is -2.66. The molecule has 0 unspecified atom stereocenters. The molecule has 3 fully saturated rings. The molecule has 2 amide bonds. The minimum Gasteiger partial charge on any atom is -0.391 e. The Balaban J connectivity index is 1.35. The van der Waals surface area contributed by atoms with Crippen molar-refractivity contribution in [3.63, 3.8) is 0 Å². The molecule has 4 aliphatic rings. The zero-order valence-electron chi connectivity index (χ0n) is 15.8. The first-order valence-corrected chi connectivity index (χ1v) is 10.4. The lowest BCUT2D eigenvalue weighted by Gasteiger charge is -2.29. The lowest BCUT2D eigenvalue weighted by Crippen LogP contribution is -2.41. The molecule has 6 heteroatoms. The van der Waals surface area contributed by atoms with Gasteiger partial charge in [-0.15, -0.1) is 0 Å². The molecule has 0 N–H and O–H groups in total. The summed E-state index contributed by atoms with van der Waals surface area (Å²) in [5, 5.41) is 4.97. The fraction of sp³-hybridized carbons (Fsp3) is 0.348. The number of nitrogens with zero attached hydrogens (tertiary/aromatic N) is 2. The first kappa shape index (κ1) is 17.2. The molecule has 2 heterocycles. The van der Waals surface area contributed by atoms with Crippen molar-refractivity contribution in [1.29, 1.82) is 0 Å². The van der Waals surface area contributed by atoms with Crippen LogP contribution in [0.4, 0.5) is 5.69 Å². The van der Waals surface area contributed by atoms with Crippen molar-refractivity contribution in [2.24, 2.45) is 34.7 Å². The van der Waals surface area contributed by atoms with Gasteiger partial charge in [-0.25, -0.2) is 0 Å². The Morgan fingerprint density at radius 1 is 0.931 bits per heavy atom. The van der Waals surface area contributed by atoms with Gasteiger partial charge in [0.05, 0.1) is 23.2 Å². The number of imide groups is 1. The molecule has 0 spiro atoms. The van der Waals surface area contributed by atoms with Gasteiger partial charge in [0.15, 0.2) is 0 Å². The molecule has 6 atom stereocenters. The smallest absolute Gasteiger partial charge is 0.238 e. The van der Waals surface area contributed by atoms with Gasteiger partial charge in [0.1, 0.15) is 6.10 Å². The van der Waals surface area contributed by atoms with Crippen LogP contribution in [-0.4, -0.2) is 23.6 Å². The molecular formula is C23H19ClN2O3. The van der Waals surface area contributed by atoms with Gasteiger partial charge in [0.25, 0.3) is 0 Å². The summed E-state index contributed by atoms with van der Waals surface area (Å²) < 4.78 is 0. The van der Waals surface area contributed by atoms with Crippen molar-refractivity contribution < 1.29 is 14.4 Å². The number of anilines is 1. The highest BCUT2D eigenvalue weighted by molar-refractivity contribution is 6.31. The van der Waals surface area contributed by atoms with E-state index in [1.165, 1.54) is 10.5 Å². The van der Waals surface area contributed by atoms with E-state index in [1.807, 2.05) is 0 Å². The molecule has 1 saturated heterocycles. The Bertz CT molecular complexity index is 1060. The van der Waals surface area contributed by atoms with E-state index >= 15 is 0 Å². The average molecular weight is 407 g/mol. The molecular weight excluding hydrogens is 388 g/mol. The quantitative estimate of drug-likeness (QED) is 0.712. The number of halogens is 1. The number of fused-ring (bicyclic) bond motifs is 8. The third-order valence-electron chi connectivity index (χ3n) is 7.12. The van der Waals surface area contributed by atoms with E-state index in [2.05, 4.69) is 36.3 Å². The number of hydrogen-bond acceptors (Lipinski definition) is 4. The van der Waals surface area contributed by atoms with Crippen LogP contribution in [0.3, 0.4) is 0 Å². The number of carbonyl (C=O) groups excluding carboxylic acids is 2. The topological polar surface area (TPSA) is 59.0 Å². The summed E-state index contributed by atoms with van der Waals surface area (Å²) in [6, 6.07) is 15.1. The van der Waals surface area contributed by atoms with Crippen LogP contribution in [0.2, 0.25) is 5.02 Å². The van der Waals surface area contributed by atoms with Crippen molar-refractivity contribution in [3.05, 3.63) is 64.7 Å². The van der Waals surface area contributed by atoms with Crippen LogP contribution in [0.15, 0.2) is 53.7 Å². The first-order valence-electron chi connectivity index (χ1n) is 9.99. The van der Waals surface area contributed by atoms with Gasteiger partial charge in [0.2, 0.25) is 11.8 Å². The summed E-state index contributed by atoms with van der Waals surface area (Å²) in [6.07, 6.45) is 0.737. The van der Waals surface area contributed by atoms with Gasteiger partial charge in [-0.3, -0.25) is 14.5 Å². The minimum absolute atomic E-state index is 0.0375. The SMILES string of the molecule is Cc1ccc(C2=NO[C@@H]3[C@@H]4C[C@@H]([C@@H]23)[C@H]2C(=O)N(c3ccc(Cl)cc3)C(=O)[C@H]42)cc1. The summed E-state index contributed by atoms with van der Waals surface area (Å²) in [7, 11) is 0. The molecule has 2 aliphatic heterocycles. The summed E-state index contributed by atoms with van der Waals surface area (Å²) in [5.41, 5.74) is 3.74. The predicted molar refractivity (Wildman–Crippen MR) is 109 cm³/mol. The molecule has 2 aromatic carbocycles. The Labute approximate surface area is 173 Å². The number of benzene rings is 2. The van der Waals surface area contributed by atoms with Gasteiger partial charge in [-0.2, -0.15) is 0 Å². The van der Waals surface area contributed by atoms with Crippen LogP contribution >= 0.6 is 11.6 Å². The maximum atomic E-state index is 13.3. The normalized spacial score (nSPS) is 34.3. The second kappa shape index (κ2) is 5.92. The second-order valence-electron chi connectivity index (χ2n) is 8.54. The van der Waals surface area contributed by atoms with Gasteiger partial charge >= 0.3 is 0 Å². The number of rotatable bonds is 2. The standard InChI is InChI=1S/C23H19ClN2O3/c1-11-2-4-12(5-3-11)20-19-15-10-16(21(19)29-25-20)18-17(15)22(27)26(23(18)28)14-8-6-13(24)7-9-14/h2-9,15-19,21H,10H2,1H3/t15-,16-,17-,18-,19+,21-/m1/s1. The summed E-state index contributed by atoms with van der Waals surface area (Å²) in [4.78, 5) is 33.8. The van der Waals surface area contributed by atoms with Crippen molar-refractivity contribution >= 4 is 34.8 Å². The number of hydrogen-bond donors (Lipinski definition) is 0. The Morgan fingerprint density at radius 2 is 1.59 bits per heavy atom. The largest absolute Gasteiger partial charge is 0.391 e. The fourth-order valence-electron chi connectivity index (χ4n) is 5.93. The van der Waals surface area contributed by atoms with E-state index in [1.54, 1.807) is 24.3 Å². The lowest BCUT2D eigenvalue weighted by molar-refractivity contribution is -0.125. The van der Waals surface area contributed by atoms with E-state index in [0.29, 0.717) is 10.7 Å². The maximum absolute atomic E-state index is 13.3. The minimum atomic E-state index is -0.308. The number of oxime groups is 1. The van der Waals surface area contributed by atoms with Crippen LogP contribution in [-0.2, 0) is 14.4 Å². The van der Waals surface area contributed by atoms with E-state index < -0.39 is 0 Å². The Morgan fingerprint density at radius 3 is 2.28 bits per heavy atom. The zero-order chi connectivity index (χ0) is 19.9. The maximum Gasteiger partial charge on any atom is 0.238 e. The van der Waals surface area contributed by atoms with Crippen molar-refractivity contribution in [2.45, 2.75) is 19.4 Å². The van der Waals surface area contributed by atoms with Crippen molar-refractivity contribution in [2.75, 3.05) is 4.90 Å². The van der Waals surface area contributed by atoms with E-state index in [4.69, 9.17) is 16.4 Å². The molecule has 146 valence electrons. The van der Waals surface area contributed by atoms with Crippen molar-refractivity contribution in [1.82, 2.24) is 0 Å². The van der Waals surface area contributed by atoms with E-state index in [0.717, 1.165) is 17.7 Å². The third-order valence-corrected chi connectivity index (χ3v) is 7.37. The second-order valence-corrected chi connectivity index (χ2v) is 8.98. The third kappa shape index (κ3) is 2.25. The number of aryl methyl sites for hydroxylation is 1. The molecule has 2 bridgehead atoms. The lowest BCUT2D eigenvalue weighted by atomic mass is 9.71. The first-order chi connectivity index (χ1) is 14.0. The molecule has 5 nitrogen and oxygen atoms in total. The van der Waals surface area contributed by atoms with E-state index in [9.17, 15) is 9.59 Å². The van der Waals surface area contributed by atoms with Crippen LogP contribution in [0.5, 0.6) is 0 Å². The van der Waals surface area contributed by atoms with Crippen LogP contribution < -0.4 is 4.90 Å². The fourth-order valence-corrected chi connectivity index (χ4v) is 6.06. The molecule has 0 aromatic heterocycles. The highest BCUT2D eigenvalue weighted by Crippen LogP contribution is 2.62. The van der Waals surface area contributed by atoms with E-state index in [-0.39, 0.29) is 47.5 Å². The highest BCUT2D eigenvalue weighted by Gasteiger charge is 2.70. The molecule has 6 rings (SSSR count). The molecule has 2 aromatic rings. The number of amides is 2. The monoisotopic (exact) mass is 406 g/mol. The van der Waals surface area contributed by atoms with Gasteiger partial charge < -0.3 is 4.84 Å². The Kier molecular flexibility index (Phi) is 3.52. The van der Waals surface area contributed by atoms with Gasteiger partial charge in [0, 0.05) is 16.9 Å². The zero-order valence-corrected chi connectivity index (χ0v) is 16.5. The van der Waals surface area contributed by atoms with Crippen LogP contribution in [0.1, 0.15) is 17.5 Å². The van der Waals surface area contributed by atoms with Crippen LogP contribution in [0, 0.1) is 36.5 Å². The summed E-state index contributed by atoms with van der Waals surface area (Å²) in [5.74, 6) is -0.601. The summed E-state index contributed by atoms with van der Waals surface area (Å²) in [6.45, 7) is 2.05. The summed E-state index contributed by atoms with van der Waals surface area (Å²) >= 11 is 5.97. The molecule has 29 heavy (non-hydrogen) atoms. The molecule has 2 saturated carbocycles. The average Bonchev–Trinajstić information content (AvgIpc) is 3.44. The number of carbonyl (C=O) groups is 2. The van der Waals surface area contributed by atoms with Crippen molar-refractivity contribution in [3.8, 4) is 0 Å². The van der Waals surface area contributed by atoms with Crippen LogP contribution in [0.25, 0.3) is 0 Å². The predicted octanol–water partition coefficient (Wildman–Crippen LogP) is 3.82. The van der Waals surface area contributed by atoms with Gasteiger partial charge in [-0.1, -0.05) is 46.6 Å². The molecule has 0 radical (unpaired) electrons. The van der Waals surface area contributed by atoms with Gasteiger partial charge in [-0.05, 0) is 49.1 Å². The highest BCUT2D eigenvalue weighted by atomic mass is 35.5. The molecule has 2 aliphatic carbocycles.